The van der Waals surface area contributed by atoms with E-state index < -0.39 is 0 Å². The van der Waals surface area contributed by atoms with Crippen LogP contribution in [0, 0.1) is 6.92 Å². The standard InChI is InChI=1S/C12H15ClN2S/c1-3-9-7-16-12(14-9)15-11-5-4-8(2)6-10(11)13/h4-6,9H,3,7H2,1-2H3,(H,14,15). The highest BCUT2D eigenvalue weighted by Crippen LogP contribution is 2.26. The van der Waals surface area contributed by atoms with Crippen LogP contribution in [0.1, 0.15) is 18.9 Å². The van der Waals surface area contributed by atoms with Gasteiger partial charge < -0.3 is 5.32 Å². The first-order chi connectivity index (χ1) is 7.69. The maximum atomic E-state index is 6.15. The molecule has 0 aromatic heterocycles. The summed E-state index contributed by atoms with van der Waals surface area (Å²) in [5, 5.41) is 5.02. The fourth-order valence-corrected chi connectivity index (χ4v) is 2.88. The SMILES string of the molecule is CCC1CSC(Nc2ccc(C)cc2Cl)=N1. The predicted molar refractivity (Wildman–Crippen MR) is 73.8 cm³/mol. The summed E-state index contributed by atoms with van der Waals surface area (Å²) < 4.78 is 0. The predicted octanol–water partition coefficient (Wildman–Crippen LogP) is 3.94. The molecular formula is C12H15ClN2S. The number of aliphatic imine (C=N–C) groups is 1. The second kappa shape index (κ2) is 5.11. The van der Waals surface area contributed by atoms with E-state index in [1.165, 1.54) is 5.56 Å². The van der Waals surface area contributed by atoms with E-state index in [4.69, 9.17) is 11.6 Å². The Hall–Kier alpha value is -0.670. The van der Waals surface area contributed by atoms with Gasteiger partial charge in [0.2, 0.25) is 0 Å². The van der Waals surface area contributed by atoms with Crippen LogP contribution in [-0.4, -0.2) is 17.0 Å². The van der Waals surface area contributed by atoms with Crippen molar-refractivity contribution in [2.75, 3.05) is 11.1 Å². The average molecular weight is 255 g/mol. The van der Waals surface area contributed by atoms with Crippen molar-refractivity contribution in [3.05, 3.63) is 28.8 Å². The van der Waals surface area contributed by atoms with E-state index in [1.54, 1.807) is 11.8 Å². The van der Waals surface area contributed by atoms with Crippen LogP contribution < -0.4 is 5.32 Å². The molecule has 16 heavy (non-hydrogen) atoms. The number of anilines is 1. The summed E-state index contributed by atoms with van der Waals surface area (Å²) in [5.74, 6) is 1.07. The second-order valence-electron chi connectivity index (χ2n) is 3.92. The van der Waals surface area contributed by atoms with Crippen LogP contribution in [0.2, 0.25) is 5.02 Å². The second-order valence-corrected chi connectivity index (χ2v) is 5.33. The van der Waals surface area contributed by atoms with Crippen molar-refractivity contribution in [3.63, 3.8) is 0 Å². The van der Waals surface area contributed by atoms with Crippen LogP contribution in [0.5, 0.6) is 0 Å². The van der Waals surface area contributed by atoms with Crippen LogP contribution in [0.4, 0.5) is 5.69 Å². The van der Waals surface area contributed by atoms with Gasteiger partial charge >= 0.3 is 0 Å². The molecule has 1 aromatic carbocycles. The minimum atomic E-state index is 0.455. The molecule has 2 rings (SSSR count). The Balaban J connectivity index is 2.10. The Morgan fingerprint density at radius 3 is 3.00 bits per heavy atom. The van der Waals surface area contributed by atoms with Gasteiger partial charge in [0.25, 0.3) is 0 Å². The number of hydrogen-bond acceptors (Lipinski definition) is 3. The lowest BCUT2D eigenvalue weighted by Gasteiger charge is -2.07. The van der Waals surface area contributed by atoms with Gasteiger partial charge in [-0.1, -0.05) is 36.4 Å². The molecule has 4 heteroatoms. The molecular weight excluding hydrogens is 240 g/mol. The molecule has 1 unspecified atom stereocenters. The highest BCUT2D eigenvalue weighted by atomic mass is 35.5. The van der Waals surface area contributed by atoms with Crippen LogP contribution in [-0.2, 0) is 0 Å². The minimum absolute atomic E-state index is 0.455. The lowest BCUT2D eigenvalue weighted by molar-refractivity contribution is 0.738. The highest BCUT2D eigenvalue weighted by molar-refractivity contribution is 8.14. The van der Waals surface area contributed by atoms with Crippen LogP contribution >= 0.6 is 23.4 Å². The van der Waals surface area contributed by atoms with Gasteiger partial charge in [-0.25, -0.2) is 0 Å². The summed E-state index contributed by atoms with van der Waals surface area (Å²) in [7, 11) is 0. The molecule has 1 aromatic rings. The van der Waals surface area contributed by atoms with Crippen molar-refractivity contribution in [2.24, 2.45) is 4.99 Å². The van der Waals surface area contributed by atoms with Crippen molar-refractivity contribution in [1.82, 2.24) is 0 Å². The monoisotopic (exact) mass is 254 g/mol. The maximum absolute atomic E-state index is 6.15. The Morgan fingerprint density at radius 2 is 2.38 bits per heavy atom. The van der Waals surface area contributed by atoms with E-state index in [9.17, 15) is 0 Å². The molecule has 1 aliphatic heterocycles. The van der Waals surface area contributed by atoms with E-state index in [-0.39, 0.29) is 0 Å². The van der Waals surface area contributed by atoms with Crippen molar-refractivity contribution in [3.8, 4) is 0 Å². The topological polar surface area (TPSA) is 24.4 Å². The van der Waals surface area contributed by atoms with Crippen molar-refractivity contribution in [1.29, 1.82) is 0 Å². The third-order valence-corrected chi connectivity index (χ3v) is 3.89. The number of benzene rings is 1. The summed E-state index contributed by atoms with van der Waals surface area (Å²) >= 11 is 7.91. The number of aryl methyl sites for hydroxylation is 1. The number of hydrogen-bond donors (Lipinski definition) is 1. The third kappa shape index (κ3) is 2.71. The normalized spacial score (nSPS) is 19.7. The fourth-order valence-electron chi connectivity index (χ4n) is 1.53. The van der Waals surface area contributed by atoms with Gasteiger partial charge in [-0.15, -0.1) is 0 Å². The van der Waals surface area contributed by atoms with Crippen LogP contribution in [0.15, 0.2) is 23.2 Å². The highest BCUT2D eigenvalue weighted by Gasteiger charge is 2.16. The maximum Gasteiger partial charge on any atom is 0.161 e. The molecule has 0 saturated heterocycles. The molecule has 0 saturated carbocycles. The molecule has 0 amide bonds. The lowest BCUT2D eigenvalue weighted by Crippen LogP contribution is -2.05. The number of thioether (sulfide) groups is 1. The van der Waals surface area contributed by atoms with Gasteiger partial charge in [-0.2, -0.15) is 0 Å². The third-order valence-electron chi connectivity index (χ3n) is 2.55. The Kier molecular flexibility index (Phi) is 3.77. The van der Waals surface area contributed by atoms with E-state index in [1.807, 2.05) is 25.1 Å². The zero-order chi connectivity index (χ0) is 11.5. The Bertz CT molecular complexity index is 417. The van der Waals surface area contributed by atoms with Gasteiger partial charge in [0.15, 0.2) is 5.17 Å². The molecule has 2 nitrogen and oxygen atoms in total. The first-order valence-corrected chi connectivity index (χ1v) is 6.79. The molecule has 1 heterocycles. The largest absolute Gasteiger partial charge is 0.334 e. The van der Waals surface area contributed by atoms with Crippen molar-refractivity contribution in [2.45, 2.75) is 26.3 Å². The van der Waals surface area contributed by atoms with E-state index in [0.717, 1.165) is 28.1 Å². The molecule has 0 aliphatic carbocycles. The molecule has 0 bridgehead atoms. The van der Waals surface area contributed by atoms with Gasteiger partial charge in [-0.05, 0) is 31.0 Å². The lowest BCUT2D eigenvalue weighted by atomic mass is 10.2. The van der Waals surface area contributed by atoms with Gasteiger partial charge in [0.1, 0.15) is 0 Å². The summed E-state index contributed by atoms with van der Waals surface area (Å²) in [6.07, 6.45) is 1.10. The van der Waals surface area contributed by atoms with E-state index in [2.05, 4.69) is 17.2 Å². The quantitative estimate of drug-likeness (QED) is 0.865. The first kappa shape index (κ1) is 11.8. The van der Waals surface area contributed by atoms with Crippen LogP contribution in [0.3, 0.4) is 0 Å². The molecule has 0 spiro atoms. The summed E-state index contributed by atoms with van der Waals surface area (Å²) in [6.45, 7) is 4.20. The summed E-state index contributed by atoms with van der Waals surface area (Å²) in [6, 6.07) is 6.46. The van der Waals surface area contributed by atoms with Crippen LogP contribution in [0.25, 0.3) is 0 Å². The van der Waals surface area contributed by atoms with Gasteiger partial charge in [-0.3, -0.25) is 4.99 Å². The molecule has 86 valence electrons. The summed E-state index contributed by atoms with van der Waals surface area (Å²) in [5.41, 5.74) is 2.11. The fraction of sp³-hybridized carbons (Fsp3) is 0.417. The smallest absolute Gasteiger partial charge is 0.161 e. The molecule has 1 atom stereocenters. The number of amidine groups is 1. The Labute approximate surface area is 105 Å². The van der Waals surface area contributed by atoms with Crippen molar-refractivity contribution < 1.29 is 0 Å². The van der Waals surface area contributed by atoms with E-state index >= 15 is 0 Å². The zero-order valence-electron chi connectivity index (χ0n) is 9.46. The zero-order valence-corrected chi connectivity index (χ0v) is 11.0. The molecule has 1 aliphatic rings. The molecule has 0 fully saturated rings. The Morgan fingerprint density at radius 1 is 1.56 bits per heavy atom. The number of halogens is 1. The number of rotatable bonds is 2. The minimum Gasteiger partial charge on any atom is -0.334 e. The molecule has 0 radical (unpaired) electrons. The number of nitrogens with zero attached hydrogens (tertiary/aromatic N) is 1. The van der Waals surface area contributed by atoms with Gasteiger partial charge in [0.05, 0.1) is 16.8 Å². The van der Waals surface area contributed by atoms with Crippen molar-refractivity contribution >= 4 is 34.2 Å². The summed E-state index contributed by atoms with van der Waals surface area (Å²) in [4.78, 5) is 4.58. The van der Waals surface area contributed by atoms with E-state index in [0.29, 0.717) is 6.04 Å². The average Bonchev–Trinajstić information content (AvgIpc) is 2.70. The molecule has 1 N–H and O–H groups in total. The first-order valence-electron chi connectivity index (χ1n) is 5.43. The number of nitrogens with one attached hydrogen (secondary N) is 1. The van der Waals surface area contributed by atoms with Gasteiger partial charge in [0, 0.05) is 5.75 Å².